The van der Waals surface area contributed by atoms with Gasteiger partial charge in [0.25, 0.3) is 0 Å². The first-order valence-corrected chi connectivity index (χ1v) is 7.12. The Bertz CT molecular complexity index is 563. The molecule has 1 aromatic heterocycles. The highest BCUT2D eigenvalue weighted by molar-refractivity contribution is 9.10. The topological polar surface area (TPSA) is 30.9 Å². The van der Waals surface area contributed by atoms with E-state index < -0.39 is 0 Å². The monoisotopic (exact) mass is 324 g/mol. The van der Waals surface area contributed by atoms with Crippen molar-refractivity contribution in [1.29, 1.82) is 0 Å². The molecule has 0 radical (unpaired) electrons. The zero-order valence-electron chi connectivity index (χ0n) is 11.1. The minimum atomic E-state index is -0.188. The lowest BCUT2D eigenvalue weighted by molar-refractivity contribution is 0.513. The maximum absolute atomic E-state index is 13.7. The number of hydrogen-bond donors (Lipinski definition) is 1. The third-order valence-electron chi connectivity index (χ3n) is 3.24. The molecular weight excluding hydrogens is 307 g/mol. The number of rotatable bonds is 4. The molecule has 0 aliphatic carbocycles. The molecule has 102 valence electrons. The van der Waals surface area contributed by atoms with Gasteiger partial charge >= 0.3 is 0 Å². The second-order valence-corrected chi connectivity index (χ2v) is 6.04. The van der Waals surface area contributed by atoms with Crippen molar-refractivity contribution in [2.24, 2.45) is 11.7 Å². The smallest absolute Gasteiger partial charge is 0.128 e. The molecule has 2 rings (SSSR count). The number of nitrogens with two attached hydrogens (primary N) is 1. The van der Waals surface area contributed by atoms with E-state index in [1.807, 2.05) is 23.0 Å². The predicted molar refractivity (Wildman–Crippen MR) is 79.4 cm³/mol. The van der Waals surface area contributed by atoms with E-state index >= 15 is 0 Å². The maximum atomic E-state index is 13.7. The molecule has 0 aliphatic heterocycles. The van der Waals surface area contributed by atoms with Crippen molar-refractivity contribution in [3.63, 3.8) is 0 Å². The Labute approximate surface area is 121 Å². The molecule has 0 spiro atoms. The molecule has 0 saturated heterocycles. The van der Waals surface area contributed by atoms with Crippen LogP contribution in [0.1, 0.15) is 31.0 Å². The summed E-state index contributed by atoms with van der Waals surface area (Å²) in [6.07, 6.45) is 3.93. The summed E-state index contributed by atoms with van der Waals surface area (Å²) in [6.45, 7) is 4.70. The predicted octanol–water partition coefficient (Wildman–Crippen LogP) is 4.09. The third kappa shape index (κ3) is 3.45. The first-order valence-electron chi connectivity index (χ1n) is 6.32. The summed E-state index contributed by atoms with van der Waals surface area (Å²) >= 11 is 3.36. The number of hydrogen-bond acceptors (Lipinski definition) is 1. The summed E-state index contributed by atoms with van der Waals surface area (Å²) < 4.78 is 16.5. The van der Waals surface area contributed by atoms with Crippen LogP contribution in [-0.4, -0.2) is 4.57 Å². The SMILES string of the molecule is CC(C)C(N)c1ccn(Cc2cc(Br)ccc2F)c1. The van der Waals surface area contributed by atoms with E-state index in [-0.39, 0.29) is 11.9 Å². The molecular formula is C15H18BrFN2. The Morgan fingerprint density at radius 3 is 2.74 bits per heavy atom. The average molecular weight is 325 g/mol. The van der Waals surface area contributed by atoms with Gasteiger partial charge in [-0.1, -0.05) is 29.8 Å². The van der Waals surface area contributed by atoms with E-state index in [1.165, 1.54) is 6.07 Å². The van der Waals surface area contributed by atoms with E-state index in [4.69, 9.17) is 5.73 Å². The van der Waals surface area contributed by atoms with Crippen molar-refractivity contribution in [2.45, 2.75) is 26.4 Å². The highest BCUT2D eigenvalue weighted by Gasteiger charge is 2.12. The molecule has 1 heterocycles. The van der Waals surface area contributed by atoms with Crippen LogP contribution in [0.3, 0.4) is 0 Å². The Balaban J connectivity index is 2.18. The van der Waals surface area contributed by atoms with E-state index in [0.717, 1.165) is 10.0 Å². The molecule has 1 unspecified atom stereocenters. The molecule has 1 aromatic carbocycles. The lowest BCUT2D eigenvalue weighted by Gasteiger charge is -2.13. The van der Waals surface area contributed by atoms with Gasteiger partial charge in [-0.25, -0.2) is 4.39 Å². The van der Waals surface area contributed by atoms with Crippen molar-refractivity contribution in [2.75, 3.05) is 0 Å². The van der Waals surface area contributed by atoms with Crippen LogP contribution < -0.4 is 5.73 Å². The molecule has 0 amide bonds. The molecule has 0 fully saturated rings. The summed E-state index contributed by atoms with van der Waals surface area (Å²) in [5, 5.41) is 0. The first kappa shape index (κ1) is 14.3. The van der Waals surface area contributed by atoms with Gasteiger partial charge in [0.05, 0.1) is 0 Å². The fourth-order valence-corrected chi connectivity index (χ4v) is 2.41. The Kier molecular flexibility index (Phi) is 4.42. The van der Waals surface area contributed by atoms with Crippen molar-refractivity contribution < 1.29 is 4.39 Å². The quantitative estimate of drug-likeness (QED) is 0.902. The molecule has 2 N–H and O–H groups in total. The van der Waals surface area contributed by atoms with Crippen LogP contribution in [0.2, 0.25) is 0 Å². The molecule has 0 bridgehead atoms. The van der Waals surface area contributed by atoms with Crippen molar-refractivity contribution in [3.8, 4) is 0 Å². The fourth-order valence-electron chi connectivity index (χ4n) is 2.00. The number of benzene rings is 1. The van der Waals surface area contributed by atoms with Gasteiger partial charge in [-0.3, -0.25) is 0 Å². The Hall–Kier alpha value is -1.13. The standard InChI is InChI=1S/C15H18BrFN2/c1-10(2)15(18)11-5-6-19(8-11)9-12-7-13(16)3-4-14(12)17/h3-8,10,15H,9,18H2,1-2H3. The Morgan fingerprint density at radius 2 is 2.05 bits per heavy atom. The van der Waals surface area contributed by atoms with Gasteiger partial charge in [-0.15, -0.1) is 0 Å². The lowest BCUT2D eigenvalue weighted by Crippen LogP contribution is -2.15. The van der Waals surface area contributed by atoms with Gasteiger partial charge in [0.2, 0.25) is 0 Å². The molecule has 19 heavy (non-hydrogen) atoms. The summed E-state index contributed by atoms with van der Waals surface area (Å²) in [5.74, 6) is 0.199. The second-order valence-electron chi connectivity index (χ2n) is 5.12. The van der Waals surface area contributed by atoms with E-state index in [9.17, 15) is 4.39 Å². The zero-order valence-corrected chi connectivity index (χ0v) is 12.7. The van der Waals surface area contributed by atoms with Gasteiger partial charge in [0.15, 0.2) is 0 Å². The van der Waals surface area contributed by atoms with Crippen LogP contribution in [0.15, 0.2) is 41.1 Å². The normalized spacial score (nSPS) is 12.9. The van der Waals surface area contributed by atoms with Gasteiger partial charge in [-0.05, 0) is 35.7 Å². The summed E-state index contributed by atoms with van der Waals surface area (Å²) in [7, 11) is 0. The first-order chi connectivity index (χ1) is 8.97. The van der Waals surface area contributed by atoms with E-state index in [2.05, 4.69) is 29.8 Å². The van der Waals surface area contributed by atoms with Crippen molar-refractivity contribution in [3.05, 3.63) is 58.1 Å². The summed E-state index contributed by atoms with van der Waals surface area (Å²) in [4.78, 5) is 0. The number of nitrogens with zero attached hydrogens (tertiary/aromatic N) is 1. The largest absolute Gasteiger partial charge is 0.349 e. The van der Waals surface area contributed by atoms with Gasteiger partial charge in [-0.2, -0.15) is 0 Å². The molecule has 1 atom stereocenters. The summed E-state index contributed by atoms with van der Waals surface area (Å²) in [5.41, 5.74) is 7.85. The molecule has 4 heteroatoms. The van der Waals surface area contributed by atoms with Crippen molar-refractivity contribution in [1.82, 2.24) is 4.57 Å². The van der Waals surface area contributed by atoms with Crippen LogP contribution >= 0.6 is 15.9 Å². The summed E-state index contributed by atoms with van der Waals surface area (Å²) in [6, 6.07) is 7.00. The minimum absolute atomic E-state index is 0.0219. The van der Waals surface area contributed by atoms with Gasteiger partial charge < -0.3 is 10.3 Å². The number of aromatic nitrogens is 1. The number of halogens is 2. The molecule has 2 aromatic rings. The van der Waals surface area contributed by atoms with Gasteiger partial charge in [0, 0.05) is 35.0 Å². The van der Waals surface area contributed by atoms with Crippen LogP contribution in [0.5, 0.6) is 0 Å². The zero-order chi connectivity index (χ0) is 14.0. The lowest BCUT2D eigenvalue weighted by atomic mass is 10.00. The highest BCUT2D eigenvalue weighted by atomic mass is 79.9. The Morgan fingerprint density at radius 1 is 1.32 bits per heavy atom. The van der Waals surface area contributed by atoms with E-state index in [1.54, 1.807) is 12.1 Å². The minimum Gasteiger partial charge on any atom is -0.349 e. The van der Waals surface area contributed by atoms with Crippen LogP contribution in [-0.2, 0) is 6.54 Å². The van der Waals surface area contributed by atoms with Crippen LogP contribution in [0.4, 0.5) is 4.39 Å². The fraction of sp³-hybridized carbons (Fsp3) is 0.333. The molecule has 2 nitrogen and oxygen atoms in total. The maximum Gasteiger partial charge on any atom is 0.128 e. The third-order valence-corrected chi connectivity index (χ3v) is 3.73. The van der Waals surface area contributed by atoms with Crippen molar-refractivity contribution >= 4 is 15.9 Å². The van der Waals surface area contributed by atoms with E-state index in [0.29, 0.717) is 18.0 Å². The average Bonchev–Trinajstić information content (AvgIpc) is 2.81. The highest BCUT2D eigenvalue weighted by Crippen LogP contribution is 2.21. The molecule has 0 saturated carbocycles. The second kappa shape index (κ2) is 5.88. The van der Waals surface area contributed by atoms with Crippen LogP contribution in [0, 0.1) is 11.7 Å². The molecule has 0 aliphatic rings. The van der Waals surface area contributed by atoms with Gasteiger partial charge in [0.1, 0.15) is 5.82 Å². The van der Waals surface area contributed by atoms with Crippen LogP contribution in [0.25, 0.3) is 0 Å².